The molecule has 18 heavy (non-hydrogen) atoms. The average Bonchev–Trinajstić information content (AvgIpc) is 2.28. The SMILES string of the molecule is CC1(C)CN(Cc2cccc(C(=O)O)n2)CCO1. The molecule has 98 valence electrons. The van der Waals surface area contributed by atoms with Crippen LogP contribution in [0.2, 0.25) is 0 Å². The van der Waals surface area contributed by atoms with Crippen LogP contribution in [0.1, 0.15) is 30.0 Å². The number of carboxylic acid groups (broad SMARTS) is 1. The van der Waals surface area contributed by atoms with Crippen molar-refractivity contribution in [2.45, 2.75) is 26.0 Å². The van der Waals surface area contributed by atoms with Crippen LogP contribution in [-0.2, 0) is 11.3 Å². The van der Waals surface area contributed by atoms with E-state index in [0.29, 0.717) is 13.2 Å². The van der Waals surface area contributed by atoms with Crippen molar-refractivity contribution in [3.05, 3.63) is 29.6 Å². The summed E-state index contributed by atoms with van der Waals surface area (Å²) in [5, 5.41) is 8.90. The maximum Gasteiger partial charge on any atom is 0.354 e. The van der Waals surface area contributed by atoms with E-state index in [9.17, 15) is 4.79 Å². The van der Waals surface area contributed by atoms with Gasteiger partial charge in [-0.25, -0.2) is 9.78 Å². The number of hydrogen-bond donors (Lipinski definition) is 1. The van der Waals surface area contributed by atoms with Crippen molar-refractivity contribution < 1.29 is 14.6 Å². The Balaban J connectivity index is 2.05. The molecule has 1 aromatic rings. The minimum Gasteiger partial charge on any atom is -0.477 e. The Morgan fingerprint density at radius 3 is 3.00 bits per heavy atom. The molecule has 0 atom stereocenters. The predicted molar refractivity (Wildman–Crippen MR) is 66.5 cm³/mol. The Hall–Kier alpha value is -1.46. The lowest BCUT2D eigenvalue weighted by molar-refractivity contribution is -0.0885. The fourth-order valence-electron chi connectivity index (χ4n) is 2.17. The van der Waals surface area contributed by atoms with Gasteiger partial charge in [0.2, 0.25) is 0 Å². The van der Waals surface area contributed by atoms with Crippen molar-refractivity contribution in [3.8, 4) is 0 Å². The molecular formula is C13H18N2O3. The third-order valence-corrected chi connectivity index (χ3v) is 2.92. The van der Waals surface area contributed by atoms with Crippen LogP contribution in [0.3, 0.4) is 0 Å². The number of morpholine rings is 1. The van der Waals surface area contributed by atoms with E-state index in [2.05, 4.69) is 23.7 Å². The molecule has 0 amide bonds. The van der Waals surface area contributed by atoms with Gasteiger partial charge in [-0.05, 0) is 26.0 Å². The van der Waals surface area contributed by atoms with Gasteiger partial charge in [-0.3, -0.25) is 4.90 Å². The van der Waals surface area contributed by atoms with Gasteiger partial charge in [0, 0.05) is 19.6 Å². The molecule has 0 spiro atoms. The molecular weight excluding hydrogens is 232 g/mol. The molecule has 2 heterocycles. The van der Waals surface area contributed by atoms with Crippen LogP contribution in [-0.4, -0.2) is 46.3 Å². The number of carbonyl (C=O) groups is 1. The zero-order chi connectivity index (χ0) is 13.2. The maximum absolute atomic E-state index is 10.9. The van der Waals surface area contributed by atoms with Crippen molar-refractivity contribution in [2.75, 3.05) is 19.7 Å². The Kier molecular flexibility index (Phi) is 3.63. The highest BCUT2D eigenvalue weighted by atomic mass is 16.5. The summed E-state index contributed by atoms with van der Waals surface area (Å²) >= 11 is 0. The van der Waals surface area contributed by atoms with E-state index >= 15 is 0 Å². The lowest BCUT2D eigenvalue weighted by Crippen LogP contribution is -2.47. The molecule has 0 bridgehead atoms. The second-order valence-electron chi connectivity index (χ2n) is 5.14. The number of aromatic carboxylic acids is 1. The molecule has 2 rings (SSSR count). The van der Waals surface area contributed by atoms with Crippen LogP contribution >= 0.6 is 0 Å². The second-order valence-corrected chi connectivity index (χ2v) is 5.14. The van der Waals surface area contributed by atoms with E-state index in [1.54, 1.807) is 6.07 Å². The summed E-state index contributed by atoms with van der Waals surface area (Å²) in [6.07, 6.45) is 0. The molecule has 0 unspecified atom stereocenters. The second kappa shape index (κ2) is 5.04. The summed E-state index contributed by atoms with van der Waals surface area (Å²) in [5.74, 6) is -0.987. The number of nitrogens with zero attached hydrogens (tertiary/aromatic N) is 2. The van der Waals surface area contributed by atoms with E-state index in [-0.39, 0.29) is 11.3 Å². The van der Waals surface area contributed by atoms with Crippen LogP contribution in [0.15, 0.2) is 18.2 Å². The van der Waals surface area contributed by atoms with Crippen LogP contribution in [0, 0.1) is 0 Å². The number of carboxylic acids is 1. The summed E-state index contributed by atoms with van der Waals surface area (Å²) < 4.78 is 5.64. The monoisotopic (exact) mass is 250 g/mol. The number of ether oxygens (including phenoxy) is 1. The molecule has 1 aliphatic heterocycles. The van der Waals surface area contributed by atoms with Gasteiger partial charge in [0.15, 0.2) is 0 Å². The highest BCUT2D eigenvalue weighted by Crippen LogP contribution is 2.17. The number of pyridine rings is 1. The van der Waals surface area contributed by atoms with Gasteiger partial charge in [-0.1, -0.05) is 6.07 Å². The van der Waals surface area contributed by atoms with Gasteiger partial charge in [-0.15, -0.1) is 0 Å². The summed E-state index contributed by atoms with van der Waals surface area (Å²) in [6.45, 7) is 7.15. The molecule has 1 aliphatic rings. The van der Waals surface area contributed by atoms with Crippen molar-refractivity contribution in [1.82, 2.24) is 9.88 Å². The van der Waals surface area contributed by atoms with Gasteiger partial charge in [0.1, 0.15) is 5.69 Å². The topological polar surface area (TPSA) is 62.7 Å². The fraction of sp³-hybridized carbons (Fsp3) is 0.538. The van der Waals surface area contributed by atoms with Crippen molar-refractivity contribution >= 4 is 5.97 Å². The zero-order valence-corrected chi connectivity index (χ0v) is 10.7. The molecule has 0 aliphatic carbocycles. The zero-order valence-electron chi connectivity index (χ0n) is 10.7. The standard InChI is InChI=1S/C13H18N2O3/c1-13(2)9-15(6-7-18-13)8-10-4-3-5-11(14-10)12(16)17/h3-5H,6-9H2,1-2H3,(H,16,17). The first-order valence-corrected chi connectivity index (χ1v) is 6.02. The van der Waals surface area contributed by atoms with Crippen LogP contribution in [0.4, 0.5) is 0 Å². The van der Waals surface area contributed by atoms with E-state index in [1.165, 1.54) is 6.07 Å². The minimum absolute atomic E-state index is 0.0972. The summed E-state index contributed by atoms with van der Waals surface area (Å²) in [7, 11) is 0. The number of aromatic nitrogens is 1. The van der Waals surface area contributed by atoms with Crippen molar-refractivity contribution in [2.24, 2.45) is 0 Å². The summed E-state index contributed by atoms with van der Waals surface area (Å²) in [6, 6.07) is 5.10. The van der Waals surface area contributed by atoms with E-state index in [0.717, 1.165) is 18.8 Å². The Bertz CT molecular complexity index is 446. The first-order valence-electron chi connectivity index (χ1n) is 6.02. The van der Waals surface area contributed by atoms with E-state index < -0.39 is 5.97 Å². The molecule has 5 nitrogen and oxygen atoms in total. The maximum atomic E-state index is 10.9. The van der Waals surface area contributed by atoms with Crippen molar-refractivity contribution in [3.63, 3.8) is 0 Å². The molecule has 0 radical (unpaired) electrons. The van der Waals surface area contributed by atoms with Crippen LogP contribution in [0.25, 0.3) is 0 Å². The molecule has 1 saturated heterocycles. The molecule has 0 aromatic carbocycles. The lowest BCUT2D eigenvalue weighted by Gasteiger charge is -2.37. The fourth-order valence-corrected chi connectivity index (χ4v) is 2.17. The minimum atomic E-state index is -0.987. The van der Waals surface area contributed by atoms with Gasteiger partial charge >= 0.3 is 5.97 Å². The quantitative estimate of drug-likeness (QED) is 0.878. The third-order valence-electron chi connectivity index (χ3n) is 2.92. The Labute approximate surface area is 106 Å². The summed E-state index contributed by atoms with van der Waals surface area (Å²) in [4.78, 5) is 17.2. The Morgan fingerprint density at radius 2 is 2.33 bits per heavy atom. The summed E-state index contributed by atoms with van der Waals surface area (Å²) in [5.41, 5.74) is 0.732. The number of hydrogen-bond acceptors (Lipinski definition) is 4. The first-order chi connectivity index (χ1) is 8.46. The molecule has 1 aromatic heterocycles. The predicted octanol–water partition coefficient (Wildman–Crippen LogP) is 1.39. The van der Waals surface area contributed by atoms with Gasteiger partial charge in [-0.2, -0.15) is 0 Å². The third kappa shape index (κ3) is 3.27. The van der Waals surface area contributed by atoms with Gasteiger partial charge in [0.25, 0.3) is 0 Å². The molecule has 1 N–H and O–H groups in total. The van der Waals surface area contributed by atoms with Crippen LogP contribution in [0.5, 0.6) is 0 Å². The normalized spacial score (nSPS) is 19.7. The average molecular weight is 250 g/mol. The number of rotatable bonds is 3. The smallest absolute Gasteiger partial charge is 0.354 e. The largest absolute Gasteiger partial charge is 0.477 e. The first kappa shape index (κ1) is 13.0. The Morgan fingerprint density at radius 1 is 1.56 bits per heavy atom. The van der Waals surface area contributed by atoms with Crippen LogP contribution < -0.4 is 0 Å². The van der Waals surface area contributed by atoms with E-state index in [1.807, 2.05) is 6.07 Å². The van der Waals surface area contributed by atoms with Crippen molar-refractivity contribution in [1.29, 1.82) is 0 Å². The van der Waals surface area contributed by atoms with Gasteiger partial charge < -0.3 is 9.84 Å². The van der Waals surface area contributed by atoms with E-state index in [4.69, 9.17) is 9.84 Å². The highest BCUT2D eigenvalue weighted by Gasteiger charge is 2.27. The molecule has 1 fully saturated rings. The molecule has 5 heteroatoms. The molecule has 0 saturated carbocycles. The lowest BCUT2D eigenvalue weighted by atomic mass is 10.1. The highest BCUT2D eigenvalue weighted by molar-refractivity contribution is 5.85. The van der Waals surface area contributed by atoms with Gasteiger partial charge in [0.05, 0.1) is 17.9 Å².